The van der Waals surface area contributed by atoms with Crippen molar-refractivity contribution in [3.05, 3.63) is 22.0 Å². The minimum absolute atomic E-state index is 0.00282. The van der Waals surface area contributed by atoms with E-state index in [1.807, 2.05) is 0 Å². The van der Waals surface area contributed by atoms with Gasteiger partial charge in [-0.05, 0) is 0 Å². The SMILES string of the molecule is Cn1cc([N+](=O)[O-])c(CCF)n1. The molecule has 0 aliphatic heterocycles. The topological polar surface area (TPSA) is 61.0 Å². The molecule has 0 spiro atoms. The molecule has 66 valence electrons. The van der Waals surface area contributed by atoms with Crippen LogP contribution in [0, 0.1) is 10.1 Å². The maximum atomic E-state index is 11.9. The second-order valence-corrected chi connectivity index (χ2v) is 2.33. The molecule has 1 heterocycles. The first-order valence-corrected chi connectivity index (χ1v) is 3.38. The van der Waals surface area contributed by atoms with Crippen LogP contribution in [-0.2, 0) is 13.5 Å². The predicted octanol–water partition coefficient (Wildman–Crippen LogP) is 0.840. The Hall–Kier alpha value is -1.46. The van der Waals surface area contributed by atoms with Crippen LogP contribution in [0.1, 0.15) is 5.69 Å². The molecule has 0 unspecified atom stereocenters. The molecule has 6 heteroatoms. The van der Waals surface area contributed by atoms with Crippen LogP contribution in [0.4, 0.5) is 10.1 Å². The Kier molecular flexibility index (Phi) is 2.37. The Morgan fingerprint density at radius 3 is 3.00 bits per heavy atom. The zero-order chi connectivity index (χ0) is 9.14. The van der Waals surface area contributed by atoms with E-state index in [-0.39, 0.29) is 17.8 Å². The summed E-state index contributed by atoms with van der Waals surface area (Å²) in [5, 5.41) is 14.1. The summed E-state index contributed by atoms with van der Waals surface area (Å²) in [7, 11) is 1.56. The van der Waals surface area contributed by atoms with Gasteiger partial charge in [0.2, 0.25) is 0 Å². The van der Waals surface area contributed by atoms with Crippen LogP contribution in [0.5, 0.6) is 0 Å². The van der Waals surface area contributed by atoms with Crippen LogP contribution < -0.4 is 0 Å². The molecule has 0 atom stereocenters. The number of nitro groups is 1. The molecule has 0 aromatic carbocycles. The summed E-state index contributed by atoms with van der Waals surface area (Å²) >= 11 is 0. The first-order valence-electron chi connectivity index (χ1n) is 3.38. The van der Waals surface area contributed by atoms with E-state index >= 15 is 0 Å². The van der Waals surface area contributed by atoms with E-state index < -0.39 is 11.6 Å². The van der Waals surface area contributed by atoms with Crippen molar-refractivity contribution in [3.8, 4) is 0 Å². The van der Waals surface area contributed by atoms with Crippen molar-refractivity contribution in [2.24, 2.45) is 7.05 Å². The Morgan fingerprint density at radius 1 is 1.83 bits per heavy atom. The average Bonchev–Trinajstić information content (AvgIpc) is 2.32. The third-order valence-electron chi connectivity index (χ3n) is 1.41. The van der Waals surface area contributed by atoms with Crippen molar-refractivity contribution in [2.75, 3.05) is 6.67 Å². The van der Waals surface area contributed by atoms with Gasteiger partial charge < -0.3 is 0 Å². The Bertz CT molecular complexity index is 297. The van der Waals surface area contributed by atoms with Crippen molar-refractivity contribution in [3.63, 3.8) is 0 Å². The third-order valence-corrected chi connectivity index (χ3v) is 1.41. The maximum Gasteiger partial charge on any atom is 0.310 e. The van der Waals surface area contributed by atoms with Gasteiger partial charge in [0.05, 0.1) is 11.6 Å². The van der Waals surface area contributed by atoms with Gasteiger partial charge in [-0.2, -0.15) is 5.10 Å². The zero-order valence-corrected chi connectivity index (χ0v) is 6.53. The van der Waals surface area contributed by atoms with E-state index in [9.17, 15) is 14.5 Å². The second kappa shape index (κ2) is 3.29. The van der Waals surface area contributed by atoms with Gasteiger partial charge in [-0.15, -0.1) is 0 Å². The highest BCUT2D eigenvalue weighted by molar-refractivity contribution is 5.32. The minimum Gasteiger partial charge on any atom is -0.268 e. The fourth-order valence-corrected chi connectivity index (χ4v) is 0.942. The van der Waals surface area contributed by atoms with E-state index in [2.05, 4.69) is 5.10 Å². The third kappa shape index (κ3) is 1.58. The van der Waals surface area contributed by atoms with E-state index in [0.29, 0.717) is 0 Å². The van der Waals surface area contributed by atoms with Crippen LogP contribution in [0.25, 0.3) is 0 Å². The molecule has 0 fully saturated rings. The highest BCUT2D eigenvalue weighted by atomic mass is 19.1. The Morgan fingerprint density at radius 2 is 2.50 bits per heavy atom. The van der Waals surface area contributed by atoms with Gasteiger partial charge in [-0.3, -0.25) is 19.2 Å². The van der Waals surface area contributed by atoms with Gasteiger partial charge in [-0.25, -0.2) is 0 Å². The van der Waals surface area contributed by atoms with E-state index in [4.69, 9.17) is 0 Å². The number of alkyl halides is 1. The molecule has 0 saturated carbocycles. The van der Waals surface area contributed by atoms with E-state index in [1.165, 1.54) is 10.9 Å². The van der Waals surface area contributed by atoms with Crippen LogP contribution in [0.15, 0.2) is 6.20 Å². The van der Waals surface area contributed by atoms with E-state index in [1.54, 1.807) is 7.05 Å². The van der Waals surface area contributed by atoms with Crippen LogP contribution in [-0.4, -0.2) is 21.4 Å². The number of hydrogen-bond acceptors (Lipinski definition) is 3. The zero-order valence-electron chi connectivity index (χ0n) is 6.53. The number of aromatic nitrogens is 2. The average molecular weight is 173 g/mol. The smallest absolute Gasteiger partial charge is 0.268 e. The lowest BCUT2D eigenvalue weighted by Gasteiger charge is -1.88. The van der Waals surface area contributed by atoms with Gasteiger partial charge in [0.25, 0.3) is 0 Å². The lowest BCUT2D eigenvalue weighted by Crippen LogP contribution is -1.95. The van der Waals surface area contributed by atoms with Gasteiger partial charge in [0.1, 0.15) is 11.9 Å². The first kappa shape index (κ1) is 8.63. The van der Waals surface area contributed by atoms with Gasteiger partial charge in [0, 0.05) is 13.5 Å². The molecule has 0 amide bonds. The number of nitrogens with zero attached hydrogens (tertiary/aromatic N) is 3. The lowest BCUT2D eigenvalue weighted by molar-refractivity contribution is -0.385. The summed E-state index contributed by atoms with van der Waals surface area (Å²) in [6, 6.07) is 0. The Labute approximate surface area is 68.0 Å². The first-order chi connectivity index (χ1) is 5.65. The summed E-state index contributed by atoms with van der Waals surface area (Å²) in [6.45, 7) is -0.627. The number of rotatable bonds is 3. The fourth-order valence-electron chi connectivity index (χ4n) is 0.942. The second-order valence-electron chi connectivity index (χ2n) is 2.33. The highest BCUT2D eigenvalue weighted by Gasteiger charge is 2.17. The summed E-state index contributed by atoms with van der Waals surface area (Å²) in [5.74, 6) is 0. The molecule has 0 saturated heterocycles. The summed E-state index contributed by atoms with van der Waals surface area (Å²) in [5.41, 5.74) is 0.0835. The van der Waals surface area contributed by atoms with Gasteiger partial charge >= 0.3 is 5.69 Å². The minimum atomic E-state index is -0.627. The number of halogens is 1. The van der Waals surface area contributed by atoms with Gasteiger partial charge in [-0.1, -0.05) is 0 Å². The molecule has 12 heavy (non-hydrogen) atoms. The van der Waals surface area contributed by atoms with E-state index in [0.717, 1.165) is 0 Å². The predicted molar refractivity (Wildman–Crippen MR) is 39.5 cm³/mol. The molecule has 1 aromatic rings. The molecule has 1 aromatic heterocycles. The highest BCUT2D eigenvalue weighted by Crippen LogP contribution is 2.16. The monoisotopic (exact) mass is 173 g/mol. The fraction of sp³-hybridized carbons (Fsp3) is 0.500. The quantitative estimate of drug-likeness (QED) is 0.502. The van der Waals surface area contributed by atoms with Crippen LogP contribution in [0.3, 0.4) is 0 Å². The largest absolute Gasteiger partial charge is 0.310 e. The van der Waals surface area contributed by atoms with Gasteiger partial charge in [0.15, 0.2) is 0 Å². The van der Waals surface area contributed by atoms with Crippen LogP contribution >= 0.6 is 0 Å². The molecule has 0 bridgehead atoms. The van der Waals surface area contributed by atoms with Crippen molar-refractivity contribution in [1.29, 1.82) is 0 Å². The summed E-state index contributed by atoms with van der Waals surface area (Å²) in [4.78, 5) is 9.78. The molecule has 0 aliphatic carbocycles. The summed E-state index contributed by atoms with van der Waals surface area (Å²) < 4.78 is 13.2. The normalized spacial score (nSPS) is 10.2. The molecule has 0 N–H and O–H groups in total. The molecule has 1 rings (SSSR count). The molecular weight excluding hydrogens is 165 g/mol. The van der Waals surface area contributed by atoms with Crippen molar-refractivity contribution in [2.45, 2.75) is 6.42 Å². The van der Waals surface area contributed by atoms with Crippen LogP contribution in [0.2, 0.25) is 0 Å². The molecule has 5 nitrogen and oxygen atoms in total. The number of aryl methyl sites for hydroxylation is 2. The molecule has 0 radical (unpaired) electrons. The maximum absolute atomic E-state index is 11.9. The standard InChI is InChI=1S/C6H8FN3O2/c1-9-4-6(10(11)12)5(8-9)2-3-7/h4H,2-3H2,1H3. The van der Waals surface area contributed by atoms with Crippen molar-refractivity contribution < 1.29 is 9.31 Å². The molecule has 0 aliphatic rings. The summed E-state index contributed by atoms with van der Waals surface area (Å²) in [6.07, 6.45) is 1.27. The lowest BCUT2D eigenvalue weighted by atomic mass is 10.3. The van der Waals surface area contributed by atoms with Crippen molar-refractivity contribution >= 4 is 5.69 Å². The number of hydrogen-bond donors (Lipinski definition) is 0. The Balaban J connectivity index is 2.99. The van der Waals surface area contributed by atoms with Crippen molar-refractivity contribution in [1.82, 2.24) is 9.78 Å². The molecular formula is C6H8FN3O2.